The lowest BCUT2D eigenvalue weighted by Crippen LogP contribution is -2.37. The summed E-state index contributed by atoms with van der Waals surface area (Å²) in [6.07, 6.45) is 1.35. The predicted octanol–water partition coefficient (Wildman–Crippen LogP) is 1.06. The van der Waals surface area contributed by atoms with Gasteiger partial charge in [0.1, 0.15) is 0 Å². The van der Waals surface area contributed by atoms with E-state index in [0.29, 0.717) is 19.2 Å². The Hall–Kier alpha value is -1.39. The number of fused-ring (bicyclic) bond motifs is 1. The molecular formula is C15H21NO3. The summed E-state index contributed by atoms with van der Waals surface area (Å²) in [5, 5.41) is 13.1. The van der Waals surface area contributed by atoms with Crippen LogP contribution in [0.3, 0.4) is 0 Å². The fourth-order valence-corrected chi connectivity index (χ4v) is 2.49. The number of hydrogen-bond acceptors (Lipinski definition) is 4. The molecule has 4 heteroatoms. The zero-order chi connectivity index (χ0) is 13.7. The molecule has 0 aliphatic heterocycles. The van der Waals surface area contributed by atoms with Crippen molar-refractivity contribution < 1.29 is 14.6 Å². The number of carbonyl (C=O) groups excluding carboxylic acids is 1. The Morgan fingerprint density at radius 2 is 2.05 bits per heavy atom. The maximum absolute atomic E-state index is 11.2. The monoisotopic (exact) mass is 263 g/mol. The minimum atomic E-state index is -0.678. The van der Waals surface area contributed by atoms with Crippen LogP contribution in [0.25, 0.3) is 0 Å². The molecule has 2 rings (SSSR count). The Kier molecular flexibility index (Phi) is 4.93. The Morgan fingerprint density at radius 1 is 1.42 bits per heavy atom. The number of carbonyl (C=O) groups is 1. The quantitative estimate of drug-likeness (QED) is 0.753. The summed E-state index contributed by atoms with van der Waals surface area (Å²) in [6.45, 7) is 2.55. The van der Waals surface area contributed by atoms with Crippen LogP contribution in [0, 0.1) is 0 Å². The lowest BCUT2D eigenvalue weighted by atomic mass is 10.1. The normalized spacial score (nSPS) is 16.1. The second kappa shape index (κ2) is 6.68. The average Bonchev–Trinajstić information content (AvgIpc) is 2.79. The third-order valence-electron chi connectivity index (χ3n) is 3.40. The molecule has 1 aliphatic carbocycles. The fourth-order valence-electron chi connectivity index (χ4n) is 2.49. The second-order valence-corrected chi connectivity index (χ2v) is 4.95. The van der Waals surface area contributed by atoms with E-state index in [1.54, 1.807) is 6.92 Å². The number of benzene rings is 1. The maximum atomic E-state index is 11.2. The van der Waals surface area contributed by atoms with Crippen LogP contribution in [-0.4, -0.2) is 36.4 Å². The Labute approximate surface area is 113 Å². The van der Waals surface area contributed by atoms with Gasteiger partial charge < -0.3 is 15.2 Å². The van der Waals surface area contributed by atoms with Gasteiger partial charge in [0, 0.05) is 12.6 Å². The number of ether oxygens (including phenoxy) is 1. The van der Waals surface area contributed by atoms with E-state index in [1.807, 2.05) is 0 Å². The van der Waals surface area contributed by atoms with Gasteiger partial charge in [-0.05, 0) is 30.9 Å². The minimum Gasteiger partial charge on any atom is -0.466 e. The van der Waals surface area contributed by atoms with Gasteiger partial charge in [-0.25, -0.2) is 0 Å². The van der Waals surface area contributed by atoms with E-state index in [1.165, 1.54) is 11.1 Å². The molecule has 19 heavy (non-hydrogen) atoms. The molecule has 1 atom stereocenters. The summed E-state index contributed by atoms with van der Waals surface area (Å²) >= 11 is 0. The fraction of sp³-hybridized carbons (Fsp3) is 0.533. The summed E-state index contributed by atoms with van der Waals surface area (Å²) in [5.74, 6) is -0.341. The topological polar surface area (TPSA) is 58.6 Å². The van der Waals surface area contributed by atoms with Gasteiger partial charge in [-0.3, -0.25) is 4.79 Å². The standard InChI is InChI=1S/C15H21NO3/c1-2-19-15(18)9-14(17)10-16-13-7-11-5-3-4-6-12(11)8-13/h3-6,13-14,16-17H,2,7-10H2,1H3. The van der Waals surface area contributed by atoms with Crippen molar-refractivity contribution in [2.45, 2.75) is 38.3 Å². The molecule has 104 valence electrons. The van der Waals surface area contributed by atoms with E-state index >= 15 is 0 Å². The second-order valence-electron chi connectivity index (χ2n) is 4.95. The lowest BCUT2D eigenvalue weighted by molar-refractivity contribution is -0.145. The molecule has 4 nitrogen and oxygen atoms in total. The van der Waals surface area contributed by atoms with E-state index < -0.39 is 6.10 Å². The van der Waals surface area contributed by atoms with Crippen LogP contribution in [0.5, 0.6) is 0 Å². The highest BCUT2D eigenvalue weighted by Gasteiger charge is 2.21. The van der Waals surface area contributed by atoms with Crippen molar-refractivity contribution in [3.63, 3.8) is 0 Å². The zero-order valence-electron chi connectivity index (χ0n) is 11.3. The molecule has 0 aromatic heterocycles. The Bertz CT molecular complexity index is 408. The zero-order valence-corrected chi connectivity index (χ0v) is 11.3. The first kappa shape index (κ1) is 14.0. The molecule has 0 heterocycles. The van der Waals surface area contributed by atoms with Gasteiger partial charge in [0.05, 0.1) is 19.1 Å². The third-order valence-corrected chi connectivity index (χ3v) is 3.40. The Morgan fingerprint density at radius 3 is 2.63 bits per heavy atom. The van der Waals surface area contributed by atoms with Gasteiger partial charge in [-0.1, -0.05) is 24.3 Å². The summed E-state index contributed by atoms with van der Waals surface area (Å²) in [5.41, 5.74) is 2.75. The molecule has 1 unspecified atom stereocenters. The molecule has 0 saturated carbocycles. The van der Waals surface area contributed by atoms with E-state index in [0.717, 1.165) is 12.8 Å². The molecule has 0 amide bonds. The number of hydrogen-bond donors (Lipinski definition) is 2. The molecule has 1 aliphatic rings. The molecule has 0 bridgehead atoms. The molecule has 1 aromatic carbocycles. The van der Waals surface area contributed by atoms with Crippen molar-refractivity contribution in [1.29, 1.82) is 0 Å². The summed E-state index contributed by atoms with van der Waals surface area (Å²) < 4.78 is 4.81. The molecule has 0 saturated heterocycles. The molecule has 1 aromatic rings. The minimum absolute atomic E-state index is 0.0561. The highest BCUT2D eigenvalue weighted by Crippen LogP contribution is 2.21. The van der Waals surface area contributed by atoms with Crippen LogP contribution in [0.15, 0.2) is 24.3 Å². The van der Waals surface area contributed by atoms with Crippen molar-refractivity contribution in [3.8, 4) is 0 Å². The lowest BCUT2D eigenvalue weighted by Gasteiger charge is -2.15. The number of aliphatic hydroxyl groups excluding tert-OH is 1. The number of nitrogens with one attached hydrogen (secondary N) is 1. The number of esters is 1. The number of rotatable bonds is 6. The number of aliphatic hydroxyl groups is 1. The molecule has 0 spiro atoms. The van der Waals surface area contributed by atoms with Gasteiger partial charge in [-0.2, -0.15) is 0 Å². The van der Waals surface area contributed by atoms with E-state index in [9.17, 15) is 9.90 Å². The average molecular weight is 263 g/mol. The van der Waals surface area contributed by atoms with E-state index in [2.05, 4.69) is 29.6 Å². The predicted molar refractivity (Wildman–Crippen MR) is 72.9 cm³/mol. The van der Waals surface area contributed by atoms with Crippen molar-refractivity contribution in [2.24, 2.45) is 0 Å². The van der Waals surface area contributed by atoms with Crippen molar-refractivity contribution >= 4 is 5.97 Å². The first-order valence-corrected chi connectivity index (χ1v) is 6.83. The van der Waals surface area contributed by atoms with Crippen LogP contribution in [-0.2, 0) is 22.4 Å². The van der Waals surface area contributed by atoms with Crippen LogP contribution in [0.2, 0.25) is 0 Å². The summed E-state index contributed by atoms with van der Waals surface area (Å²) in [7, 11) is 0. The van der Waals surface area contributed by atoms with Gasteiger partial charge >= 0.3 is 5.97 Å². The van der Waals surface area contributed by atoms with Crippen LogP contribution >= 0.6 is 0 Å². The van der Waals surface area contributed by atoms with Gasteiger partial charge in [0.15, 0.2) is 0 Å². The molecule has 0 radical (unpaired) electrons. The first-order valence-electron chi connectivity index (χ1n) is 6.83. The highest BCUT2D eigenvalue weighted by molar-refractivity contribution is 5.69. The third kappa shape index (κ3) is 4.04. The summed E-state index contributed by atoms with van der Waals surface area (Å²) in [6, 6.07) is 8.75. The molecular weight excluding hydrogens is 242 g/mol. The molecule has 2 N–H and O–H groups in total. The molecule has 0 fully saturated rings. The first-order chi connectivity index (χ1) is 9.19. The van der Waals surface area contributed by atoms with Gasteiger partial charge in [-0.15, -0.1) is 0 Å². The Balaban J connectivity index is 1.71. The van der Waals surface area contributed by atoms with Gasteiger partial charge in [0.2, 0.25) is 0 Å². The van der Waals surface area contributed by atoms with Crippen LogP contribution in [0.4, 0.5) is 0 Å². The maximum Gasteiger partial charge on any atom is 0.308 e. The summed E-state index contributed by atoms with van der Waals surface area (Å²) in [4.78, 5) is 11.2. The van der Waals surface area contributed by atoms with Crippen LogP contribution < -0.4 is 5.32 Å². The van der Waals surface area contributed by atoms with E-state index in [-0.39, 0.29) is 12.4 Å². The van der Waals surface area contributed by atoms with Crippen molar-refractivity contribution in [3.05, 3.63) is 35.4 Å². The highest BCUT2D eigenvalue weighted by atomic mass is 16.5. The SMILES string of the molecule is CCOC(=O)CC(O)CNC1Cc2ccccc2C1. The smallest absolute Gasteiger partial charge is 0.308 e. The van der Waals surface area contributed by atoms with Gasteiger partial charge in [0.25, 0.3) is 0 Å². The van der Waals surface area contributed by atoms with Crippen molar-refractivity contribution in [1.82, 2.24) is 5.32 Å². The largest absolute Gasteiger partial charge is 0.466 e. The van der Waals surface area contributed by atoms with Crippen LogP contribution in [0.1, 0.15) is 24.5 Å². The van der Waals surface area contributed by atoms with Crippen molar-refractivity contribution in [2.75, 3.05) is 13.2 Å². The van der Waals surface area contributed by atoms with E-state index in [4.69, 9.17) is 4.74 Å².